The van der Waals surface area contributed by atoms with Gasteiger partial charge in [-0.3, -0.25) is 5.43 Å². The van der Waals surface area contributed by atoms with Crippen LogP contribution in [0.25, 0.3) is 0 Å². The van der Waals surface area contributed by atoms with Crippen LogP contribution in [0.1, 0.15) is 5.56 Å². The zero-order valence-electron chi connectivity index (χ0n) is 11.6. The van der Waals surface area contributed by atoms with Gasteiger partial charge in [-0.05, 0) is 12.1 Å². The fourth-order valence-corrected chi connectivity index (χ4v) is 3.25. The van der Waals surface area contributed by atoms with Gasteiger partial charge < -0.3 is 14.7 Å². The van der Waals surface area contributed by atoms with Crippen LogP contribution in [0.5, 0.6) is 0 Å². The molecule has 2 N–H and O–H groups in total. The van der Waals surface area contributed by atoms with E-state index in [9.17, 15) is 9.90 Å². The van der Waals surface area contributed by atoms with Gasteiger partial charge in [0.1, 0.15) is 7.11 Å². The standard InChI is InChI=1S/C13H14BrN3O4S/c1-20-16-10(12(18)19)9(7-14)13(22)17-15-11(21-13)8-5-3-2-4-6-8/h2-6,9,17,22H,7H2,1H3,(H,18,19). The van der Waals surface area contributed by atoms with Gasteiger partial charge in [-0.15, -0.1) is 17.7 Å². The second-order valence-corrected chi connectivity index (χ2v) is 5.68. The monoisotopic (exact) mass is 387 g/mol. The fraction of sp³-hybridized carbons (Fsp3) is 0.308. The maximum Gasteiger partial charge on any atom is 0.354 e. The highest BCUT2D eigenvalue weighted by molar-refractivity contribution is 9.09. The minimum atomic E-state index is -1.36. The van der Waals surface area contributed by atoms with E-state index in [0.717, 1.165) is 5.56 Å². The number of carbonyl (C=O) groups is 1. The highest BCUT2D eigenvalue weighted by atomic mass is 79.9. The van der Waals surface area contributed by atoms with Crippen LogP contribution in [-0.4, -0.2) is 40.2 Å². The summed E-state index contributed by atoms with van der Waals surface area (Å²) in [5.74, 6) is -1.65. The van der Waals surface area contributed by atoms with Gasteiger partial charge in [-0.2, -0.15) is 0 Å². The minimum Gasteiger partial charge on any atom is -0.477 e. The number of hydrogen-bond donors (Lipinski definition) is 3. The summed E-state index contributed by atoms with van der Waals surface area (Å²) in [6, 6.07) is 9.21. The number of hydrazone groups is 1. The van der Waals surface area contributed by atoms with Crippen LogP contribution in [0.4, 0.5) is 0 Å². The van der Waals surface area contributed by atoms with E-state index < -0.39 is 16.9 Å². The van der Waals surface area contributed by atoms with Crippen molar-refractivity contribution in [1.82, 2.24) is 5.43 Å². The van der Waals surface area contributed by atoms with Gasteiger partial charge in [-0.25, -0.2) is 4.79 Å². The van der Waals surface area contributed by atoms with Gasteiger partial charge in [-0.1, -0.05) is 39.3 Å². The Kier molecular flexibility index (Phi) is 5.30. The van der Waals surface area contributed by atoms with Gasteiger partial charge in [0.05, 0.1) is 5.92 Å². The molecule has 9 heteroatoms. The molecule has 7 nitrogen and oxygen atoms in total. The van der Waals surface area contributed by atoms with Crippen LogP contribution in [0, 0.1) is 5.92 Å². The maximum atomic E-state index is 11.4. The summed E-state index contributed by atoms with van der Waals surface area (Å²) in [6.07, 6.45) is 0. The maximum absolute atomic E-state index is 11.4. The van der Waals surface area contributed by atoms with Crippen LogP contribution < -0.4 is 5.43 Å². The number of hydrogen-bond acceptors (Lipinski definition) is 7. The van der Waals surface area contributed by atoms with Crippen molar-refractivity contribution in [3.63, 3.8) is 0 Å². The Labute approximate surface area is 140 Å². The number of nitrogens with zero attached hydrogens (tertiary/aromatic N) is 2. The molecule has 0 radical (unpaired) electrons. The van der Waals surface area contributed by atoms with Crippen LogP contribution >= 0.6 is 28.6 Å². The minimum absolute atomic E-state index is 0.230. The zero-order chi connectivity index (χ0) is 16.2. The molecule has 0 bridgehead atoms. The number of oxime groups is 1. The van der Waals surface area contributed by atoms with Crippen molar-refractivity contribution in [1.29, 1.82) is 0 Å². The van der Waals surface area contributed by atoms with Crippen molar-refractivity contribution in [2.45, 2.75) is 5.06 Å². The number of halogens is 1. The average Bonchev–Trinajstić information content (AvgIpc) is 2.91. The molecule has 0 amide bonds. The summed E-state index contributed by atoms with van der Waals surface area (Å²) in [5.41, 5.74) is 3.25. The Morgan fingerprint density at radius 1 is 1.59 bits per heavy atom. The van der Waals surface area contributed by atoms with E-state index in [2.05, 4.69) is 49.1 Å². The molecular weight excluding hydrogens is 374 g/mol. The Morgan fingerprint density at radius 3 is 2.82 bits per heavy atom. The van der Waals surface area contributed by atoms with E-state index >= 15 is 0 Å². The quantitative estimate of drug-likeness (QED) is 0.298. The summed E-state index contributed by atoms with van der Waals surface area (Å²) in [5, 5.41) is 15.8. The fourth-order valence-electron chi connectivity index (χ4n) is 1.89. The van der Waals surface area contributed by atoms with Crippen molar-refractivity contribution >= 4 is 46.1 Å². The topological polar surface area (TPSA) is 92.5 Å². The molecule has 1 aliphatic rings. The molecule has 0 aromatic heterocycles. The number of thiol groups is 1. The average molecular weight is 388 g/mol. The van der Waals surface area contributed by atoms with Gasteiger partial charge >= 0.3 is 5.97 Å². The van der Waals surface area contributed by atoms with Crippen molar-refractivity contribution in [2.75, 3.05) is 12.4 Å². The molecule has 1 aliphatic heterocycles. The highest BCUT2D eigenvalue weighted by Gasteiger charge is 2.47. The lowest BCUT2D eigenvalue weighted by molar-refractivity contribution is -0.130. The Balaban J connectivity index is 2.25. The van der Waals surface area contributed by atoms with Gasteiger partial charge in [0.15, 0.2) is 5.71 Å². The lowest BCUT2D eigenvalue weighted by Crippen LogP contribution is -2.49. The SMILES string of the molecule is CON=C(C(=O)O)C(CBr)C1(S)NN=C(c2ccccc2)O1. The molecule has 1 heterocycles. The second kappa shape index (κ2) is 7.01. The molecule has 0 spiro atoms. The molecule has 118 valence electrons. The molecule has 1 aromatic rings. The number of benzene rings is 1. The summed E-state index contributed by atoms with van der Waals surface area (Å²) in [6.45, 7) is 0. The number of nitrogens with one attached hydrogen (secondary N) is 1. The molecule has 2 atom stereocenters. The predicted octanol–water partition coefficient (Wildman–Crippen LogP) is 1.65. The molecule has 0 fully saturated rings. The Hall–Kier alpha value is -1.74. The third-order valence-corrected chi connectivity index (χ3v) is 4.11. The molecule has 0 saturated carbocycles. The summed E-state index contributed by atoms with van der Waals surface area (Å²) < 4.78 is 5.74. The largest absolute Gasteiger partial charge is 0.477 e. The third-order valence-electron chi connectivity index (χ3n) is 2.96. The molecule has 2 unspecified atom stereocenters. The summed E-state index contributed by atoms with van der Waals surface area (Å²) in [7, 11) is 1.27. The number of carboxylic acid groups (broad SMARTS) is 1. The van der Waals surface area contributed by atoms with E-state index in [0.29, 0.717) is 5.90 Å². The van der Waals surface area contributed by atoms with E-state index in [1.54, 1.807) is 0 Å². The molecule has 2 rings (SSSR count). The first-order valence-electron chi connectivity index (χ1n) is 6.23. The van der Waals surface area contributed by atoms with Crippen LogP contribution in [0.15, 0.2) is 40.6 Å². The van der Waals surface area contributed by atoms with Crippen LogP contribution in [-0.2, 0) is 14.4 Å². The first-order valence-corrected chi connectivity index (χ1v) is 7.80. The third kappa shape index (κ3) is 3.36. The smallest absolute Gasteiger partial charge is 0.354 e. The summed E-state index contributed by atoms with van der Waals surface area (Å²) >= 11 is 7.67. The van der Waals surface area contributed by atoms with Gasteiger partial charge in [0.2, 0.25) is 5.90 Å². The first kappa shape index (κ1) is 16.6. The van der Waals surface area contributed by atoms with Crippen LogP contribution in [0.2, 0.25) is 0 Å². The van der Waals surface area contributed by atoms with Crippen molar-refractivity contribution in [3.8, 4) is 0 Å². The van der Waals surface area contributed by atoms with Crippen LogP contribution in [0.3, 0.4) is 0 Å². The van der Waals surface area contributed by atoms with E-state index in [4.69, 9.17) is 4.74 Å². The first-order chi connectivity index (χ1) is 10.5. The van der Waals surface area contributed by atoms with Gasteiger partial charge in [0, 0.05) is 10.9 Å². The van der Waals surface area contributed by atoms with Crippen molar-refractivity contribution in [3.05, 3.63) is 35.9 Å². The second-order valence-electron chi connectivity index (χ2n) is 4.36. The number of carboxylic acids is 1. The number of rotatable bonds is 6. The van der Waals surface area contributed by atoms with Gasteiger partial charge in [0.25, 0.3) is 5.06 Å². The number of aliphatic carboxylic acids is 1. The Bertz CT molecular complexity index is 611. The van der Waals surface area contributed by atoms with Crippen molar-refractivity contribution < 1.29 is 19.5 Å². The molecule has 22 heavy (non-hydrogen) atoms. The molecule has 0 saturated heterocycles. The Morgan fingerprint density at radius 2 is 2.27 bits per heavy atom. The highest BCUT2D eigenvalue weighted by Crippen LogP contribution is 2.32. The van der Waals surface area contributed by atoms with E-state index in [1.807, 2.05) is 30.3 Å². The molecular formula is C13H14BrN3O4S. The summed E-state index contributed by atoms with van der Waals surface area (Å²) in [4.78, 5) is 15.9. The van der Waals surface area contributed by atoms with E-state index in [-0.39, 0.29) is 11.0 Å². The molecule has 0 aliphatic carbocycles. The zero-order valence-corrected chi connectivity index (χ0v) is 14.0. The lowest BCUT2D eigenvalue weighted by Gasteiger charge is -2.29. The normalized spacial score (nSPS) is 22.3. The molecule has 1 aromatic carbocycles. The van der Waals surface area contributed by atoms with Crippen molar-refractivity contribution in [2.24, 2.45) is 16.2 Å². The predicted molar refractivity (Wildman–Crippen MR) is 88.3 cm³/mol. The number of alkyl halides is 1. The number of ether oxygens (including phenoxy) is 1. The lowest BCUT2D eigenvalue weighted by atomic mass is 10.0. The van der Waals surface area contributed by atoms with E-state index in [1.165, 1.54) is 7.11 Å².